The van der Waals surface area contributed by atoms with E-state index in [1.54, 1.807) is 30.7 Å². The van der Waals surface area contributed by atoms with Gasteiger partial charge in [-0.3, -0.25) is 9.78 Å². The fourth-order valence-electron chi connectivity index (χ4n) is 3.47. The zero-order valence-corrected chi connectivity index (χ0v) is 14.1. The Morgan fingerprint density at radius 3 is 2.84 bits per heavy atom. The zero-order valence-electron chi connectivity index (χ0n) is 14.1. The van der Waals surface area contributed by atoms with Gasteiger partial charge in [0, 0.05) is 48.5 Å². The van der Waals surface area contributed by atoms with E-state index in [-0.39, 0.29) is 11.8 Å². The van der Waals surface area contributed by atoms with Crippen LogP contribution in [0, 0.1) is 6.92 Å². The van der Waals surface area contributed by atoms with Gasteiger partial charge in [0.15, 0.2) is 5.65 Å². The average Bonchev–Trinajstić information content (AvgIpc) is 2.67. The summed E-state index contributed by atoms with van der Waals surface area (Å²) in [5.41, 5.74) is 2.41. The molecule has 1 amide bonds. The highest BCUT2D eigenvalue weighted by atomic mass is 16.2. The number of amides is 1. The maximum atomic E-state index is 12.8. The first kappa shape index (κ1) is 15.6. The van der Waals surface area contributed by atoms with Crippen molar-refractivity contribution in [3.8, 4) is 0 Å². The first-order valence-electron chi connectivity index (χ1n) is 8.51. The number of hydrogen-bond donors (Lipinski definition) is 0. The van der Waals surface area contributed by atoms with E-state index in [0.29, 0.717) is 12.1 Å². The van der Waals surface area contributed by atoms with Crippen LogP contribution in [0.15, 0.2) is 42.9 Å². The van der Waals surface area contributed by atoms with Crippen LogP contribution in [0.4, 0.5) is 0 Å². The van der Waals surface area contributed by atoms with Crippen molar-refractivity contribution in [1.82, 2.24) is 24.8 Å². The van der Waals surface area contributed by atoms with Gasteiger partial charge in [0.05, 0.1) is 5.69 Å². The van der Waals surface area contributed by atoms with E-state index in [9.17, 15) is 4.79 Å². The Morgan fingerprint density at radius 1 is 1.16 bits per heavy atom. The molecule has 4 heterocycles. The summed E-state index contributed by atoms with van der Waals surface area (Å²) < 4.78 is 0. The van der Waals surface area contributed by atoms with Crippen molar-refractivity contribution >= 4 is 16.9 Å². The normalized spacial score (nSPS) is 17.6. The molecule has 25 heavy (non-hydrogen) atoms. The molecule has 0 N–H and O–H groups in total. The number of likely N-dealkylation sites (tertiary alicyclic amines) is 1. The maximum absolute atomic E-state index is 12.8. The Hall–Kier alpha value is -2.89. The second-order valence-corrected chi connectivity index (χ2v) is 6.36. The molecule has 1 saturated heterocycles. The molecule has 0 spiro atoms. The Kier molecular flexibility index (Phi) is 4.09. The highest BCUT2D eigenvalue weighted by molar-refractivity contribution is 5.94. The van der Waals surface area contributed by atoms with Crippen molar-refractivity contribution in [2.24, 2.45) is 0 Å². The lowest BCUT2D eigenvalue weighted by Crippen LogP contribution is -2.39. The number of aryl methyl sites for hydroxylation is 1. The van der Waals surface area contributed by atoms with E-state index in [1.165, 1.54) is 0 Å². The molecule has 6 nitrogen and oxygen atoms in total. The molecule has 0 aromatic carbocycles. The molecule has 0 saturated carbocycles. The van der Waals surface area contributed by atoms with Crippen molar-refractivity contribution in [1.29, 1.82) is 0 Å². The van der Waals surface area contributed by atoms with Gasteiger partial charge in [-0.1, -0.05) is 0 Å². The van der Waals surface area contributed by atoms with E-state index in [0.717, 1.165) is 41.9 Å². The molecule has 1 atom stereocenters. The van der Waals surface area contributed by atoms with E-state index in [2.05, 4.69) is 15.0 Å². The van der Waals surface area contributed by atoms with Crippen LogP contribution in [0.5, 0.6) is 0 Å². The van der Waals surface area contributed by atoms with Crippen LogP contribution < -0.4 is 0 Å². The average molecular weight is 333 g/mol. The smallest absolute Gasteiger partial charge is 0.253 e. The van der Waals surface area contributed by atoms with Crippen LogP contribution >= 0.6 is 0 Å². The number of fused-ring (bicyclic) bond motifs is 1. The number of aromatic nitrogens is 4. The molecule has 0 radical (unpaired) electrons. The lowest BCUT2D eigenvalue weighted by atomic mass is 9.92. The topological polar surface area (TPSA) is 71.9 Å². The third kappa shape index (κ3) is 3.07. The van der Waals surface area contributed by atoms with Gasteiger partial charge in [-0.05, 0) is 44.0 Å². The number of nitrogens with zero attached hydrogens (tertiary/aromatic N) is 5. The SMILES string of the molecule is Cc1nc([C@H]2CCCN(C(=O)c3ccncc3)C2)c2cccnc2n1. The fraction of sp³-hybridized carbons (Fsp3) is 0.316. The highest BCUT2D eigenvalue weighted by Crippen LogP contribution is 2.30. The van der Waals surface area contributed by atoms with Crippen LogP contribution in [-0.4, -0.2) is 43.8 Å². The number of rotatable bonds is 2. The minimum Gasteiger partial charge on any atom is -0.338 e. The van der Waals surface area contributed by atoms with Gasteiger partial charge < -0.3 is 4.90 Å². The molecule has 1 fully saturated rings. The van der Waals surface area contributed by atoms with Gasteiger partial charge in [-0.2, -0.15) is 0 Å². The zero-order chi connectivity index (χ0) is 17.2. The van der Waals surface area contributed by atoms with Crippen LogP contribution in [0.3, 0.4) is 0 Å². The maximum Gasteiger partial charge on any atom is 0.253 e. The van der Waals surface area contributed by atoms with Crippen LogP contribution in [0.1, 0.15) is 40.6 Å². The predicted molar refractivity (Wildman–Crippen MR) is 94.2 cm³/mol. The van der Waals surface area contributed by atoms with Gasteiger partial charge in [0.25, 0.3) is 5.91 Å². The summed E-state index contributed by atoms with van der Waals surface area (Å²) >= 11 is 0. The molecule has 1 aliphatic rings. The lowest BCUT2D eigenvalue weighted by molar-refractivity contribution is 0.0706. The summed E-state index contributed by atoms with van der Waals surface area (Å²) in [4.78, 5) is 32.1. The number of piperidine rings is 1. The van der Waals surface area contributed by atoms with Crippen molar-refractivity contribution in [2.45, 2.75) is 25.7 Å². The van der Waals surface area contributed by atoms with Crippen molar-refractivity contribution in [3.63, 3.8) is 0 Å². The van der Waals surface area contributed by atoms with E-state index < -0.39 is 0 Å². The van der Waals surface area contributed by atoms with Gasteiger partial charge in [0.1, 0.15) is 5.82 Å². The molecule has 0 unspecified atom stereocenters. The fourth-order valence-corrected chi connectivity index (χ4v) is 3.47. The molecule has 126 valence electrons. The second-order valence-electron chi connectivity index (χ2n) is 6.36. The summed E-state index contributed by atoms with van der Waals surface area (Å²) in [7, 11) is 0. The summed E-state index contributed by atoms with van der Waals surface area (Å²) in [5.74, 6) is 0.979. The summed E-state index contributed by atoms with van der Waals surface area (Å²) in [5, 5.41) is 0.983. The molecular weight excluding hydrogens is 314 g/mol. The summed E-state index contributed by atoms with van der Waals surface area (Å²) in [6, 6.07) is 7.45. The predicted octanol–water partition coefficient (Wildman–Crippen LogP) is 2.75. The number of hydrogen-bond acceptors (Lipinski definition) is 5. The van der Waals surface area contributed by atoms with E-state index in [4.69, 9.17) is 4.98 Å². The minimum atomic E-state index is 0.0558. The van der Waals surface area contributed by atoms with E-state index >= 15 is 0 Å². The molecule has 3 aromatic rings. The Morgan fingerprint density at radius 2 is 2.00 bits per heavy atom. The first-order valence-corrected chi connectivity index (χ1v) is 8.51. The Balaban J connectivity index is 1.65. The van der Waals surface area contributed by atoms with Gasteiger partial charge in [-0.25, -0.2) is 15.0 Å². The van der Waals surface area contributed by atoms with Crippen LogP contribution in [-0.2, 0) is 0 Å². The van der Waals surface area contributed by atoms with Gasteiger partial charge in [-0.15, -0.1) is 0 Å². The third-order valence-electron chi connectivity index (χ3n) is 4.64. The van der Waals surface area contributed by atoms with Crippen LogP contribution in [0.2, 0.25) is 0 Å². The second kappa shape index (κ2) is 6.55. The Labute approximate surface area is 146 Å². The summed E-state index contributed by atoms with van der Waals surface area (Å²) in [6.45, 7) is 3.33. The Bertz CT molecular complexity index is 912. The van der Waals surface area contributed by atoms with Crippen molar-refractivity contribution in [3.05, 3.63) is 59.9 Å². The number of carbonyl (C=O) groups excluding carboxylic acids is 1. The highest BCUT2D eigenvalue weighted by Gasteiger charge is 2.27. The summed E-state index contributed by atoms with van der Waals surface area (Å²) in [6.07, 6.45) is 7.04. The van der Waals surface area contributed by atoms with Crippen molar-refractivity contribution in [2.75, 3.05) is 13.1 Å². The monoisotopic (exact) mass is 333 g/mol. The largest absolute Gasteiger partial charge is 0.338 e. The number of pyridine rings is 2. The molecule has 6 heteroatoms. The number of carbonyl (C=O) groups is 1. The molecule has 0 bridgehead atoms. The van der Waals surface area contributed by atoms with Crippen molar-refractivity contribution < 1.29 is 4.79 Å². The molecule has 0 aliphatic carbocycles. The standard InChI is InChI=1S/C19H19N5O/c1-13-22-17(16-5-2-8-21-18(16)23-13)15-4-3-11-24(12-15)19(25)14-6-9-20-10-7-14/h2,5-10,15H,3-4,11-12H2,1H3/t15-/m0/s1. The molecule has 3 aromatic heterocycles. The molecule has 4 rings (SSSR count). The molecular formula is C19H19N5O. The first-order chi connectivity index (χ1) is 12.2. The third-order valence-corrected chi connectivity index (χ3v) is 4.64. The van der Waals surface area contributed by atoms with Gasteiger partial charge >= 0.3 is 0 Å². The van der Waals surface area contributed by atoms with Crippen LogP contribution in [0.25, 0.3) is 11.0 Å². The lowest BCUT2D eigenvalue weighted by Gasteiger charge is -2.33. The van der Waals surface area contributed by atoms with Gasteiger partial charge in [0.2, 0.25) is 0 Å². The minimum absolute atomic E-state index is 0.0558. The van der Waals surface area contributed by atoms with E-state index in [1.807, 2.05) is 24.0 Å². The quantitative estimate of drug-likeness (QED) is 0.721. The molecule has 1 aliphatic heterocycles.